The third kappa shape index (κ3) is 2.80. The summed E-state index contributed by atoms with van der Waals surface area (Å²) >= 11 is 1.29. The molecule has 0 atom stereocenters. The van der Waals surface area contributed by atoms with Crippen LogP contribution in [0.1, 0.15) is 5.56 Å². The first-order valence-electron chi connectivity index (χ1n) is 3.29. The summed E-state index contributed by atoms with van der Waals surface area (Å²) in [5, 5.41) is 1.16. The first-order valence-corrected chi connectivity index (χ1v) is 5.39. The van der Waals surface area contributed by atoms with Crippen LogP contribution in [-0.4, -0.2) is 7.11 Å². The summed E-state index contributed by atoms with van der Waals surface area (Å²) in [6.07, 6.45) is 0. The van der Waals surface area contributed by atoms with Crippen LogP contribution in [0.25, 0.3) is 0 Å². The van der Waals surface area contributed by atoms with Crippen LogP contribution in [-0.2, 0) is 23.3 Å². The molecule has 1 aromatic rings. The summed E-state index contributed by atoms with van der Waals surface area (Å²) < 4.78 is 5.16. The Morgan fingerprint density at radius 3 is 2.45 bits per heavy atom. The quantitative estimate of drug-likeness (QED) is 0.698. The third-order valence-corrected chi connectivity index (χ3v) is 2.59. The number of ether oxygens (including phenoxy) is 1. The summed E-state index contributed by atoms with van der Waals surface area (Å²) in [4.78, 5) is 0. The van der Waals surface area contributed by atoms with Crippen molar-refractivity contribution in [3.8, 4) is 5.75 Å². The van der Waals surface area contributed by atoms with Crippen LogP contribution in [0.4, 0.5) is 0 Å². The normalized spacial score (nSPS) is 8.64. The molecule has 0 bridgehead atoms. The van der Waals surface area contributed by atoms with Gasteiger partial charge in [-0.2, -0.15) is 0 Å². The Bertz CT molecular complexity index is 192. The van der Waals surface area contributed by atoms with E-state index in [2.05, 4.69) is 6.07 Å². The zero-order valence-electron chi connectivity index (χ0n) is 6.54. The first-order chi connectivity index (χ1) is 4.88. The van der Waals surface area contributed by atoms with Crippen molar-refractivity contribution in [2.75, 3.05) is 7.11 Å². The van der Waals surface area contributed by atoms with Crippen LogP contribution in [0.15, 0.2) is 24.3 Å². The Balaban J connectivity index is 0.000001000. The van der Waals surface area contributed by atoms with E-state index in [1.807, 2.05) is 18.2 Å². The fraction of sp³-hybridized carbons (Fsp3) is 0.250. The van der Waals surface area contributed by atoms with Crippen LogP contribution in [0.2, 0.25) is 0 Å². The molecule has 0 aliphatic heterocycles. The summed E-state index contributed by atoms with van der Waals surface area (Å²) in [6.45, 7) is 0. The van der Waals surface area contributed by atoms with E-state index in [0.29, 0.717) is 0 Å². The van der Waals surface area contributed by atoms with Gasteiger partial charge in [-0.15, -0.1) is 12.4 Å². The topological polar surface area (TPSA) is 9.23 Å². The van der Waals surface area contributed by atoms with Crippen LogP contribution in [0, 0.1) is 0 Å². The number of hydrogen-bond donors (Lipinski definition) is 0. The molecule has 0 saturated heterocycles. The van der Waals surface area contributed by atoms with Gasteiger partial charge in [0.2, 0.25) is 0 Å². The number of para-hydroxylation sites is 1. The van der Waals surface area contributed by atoms with Crippen LogP contribution >= 0.6 is 12.4 Å². The maximum absolute atomic E-state index is 5.16. The summed E-state index contributed by atoms with van der Waals surface area (Å²) in [7, 11) is 1.72. The minimum absolute atomic E-state index is 0. The van der Waals surface area contributed by atoms with Crippen molar-refractivity contribution in [2.45, 2.75) is 5.02 Å². The second-order valence-corrected chi connectivity index (χ2v) is 3.11. The fourth-order valence-electron chi connectivity index (χ4n) is 0.910. The van der Waals surface area contributed by atoms with Gasteiger partial charge in [-0.05, 0) is 0 Å². The smallest absolute Gasteiger partial charge is 0.147 e. The molecule has 0 aromatic heterocycles. The van der Waals surface area contributed by atoms with E-state index < -0.39 is 0 Å². The van der Waals surface area contributed by atoms with Crippen molar-refractivity contribution in [3.05, 3.63) is 29.8 Å². The minimum Gasteiger partial charge on any atom is -0.147 e. The molecule has 1 aromatic carbocycles. The molecule has 0 aliphatic carbocycles. The maximum atomic E-state index is 5.16. The van der Waals surface area contributed by atoms with E-state index in [9.17, 15) is 0 Å². The largest absolute Gasteiger partial charge is 0.147 e. The number of rotatable bonds is 2. The molecule has 0 amide bonds. The molecule has 3 heteroatoms. The van der Waals surface area contributed by atoms with Crippen molar-refractivity contribution in [2.24, 2.45) is 0 Å². The van der Waals surface area contributed by atoms with Gasteiger partial charge in [0, 0.05) is 0 Å². The molecule has 0 aliphatic rings. The molecule has 0 saturated carbocycles. The molecule has 0 unspecified atom stereocenters. The van der Waals surface area contributed by atoms with Gasteiger partial charge in [-0.3, -0.25) is 0 Å². The Morgan fingerprint density at radius 2 is 2.00 bits per heavy atom. The minimum atomic E-state index is 0. The van der Waals surface area contributed by atoms with Crippen molar-refractivity contribution in [1.82, 2.24) is 0 Å². The molecule has 1 rings (SSSR count). The summed E-state index contributed by atoms with van der Waals surface area (Å²) in [5.74, 6) is 1.02. The molecule has 0 N–H and O–H groups in total. The van der Waals surface area contributed by atoms with E-state index in [1.165, 1.54) is 23.9 Å². The molecule has 57 valence electrons. The molecule has 0 radical (unpaired) electrons. The summed E-state index contributed by atoms with van der Waals surface area (Å²) in [6, 6.07) is 8.17. The van der Waals surface area contributed by atoms with Crippen LogP contribution in [0.5, 0.6) is 5.75 Å². The van der Waals surface area contributed by atoms with Gasteiger partial charge in [0.1, 0.15) is 0 Å². The van der Waals surface area contributed by atoms with E-state index in [0.717, 1.165) is 10.8 Å². The molecule has 0 fully saturated rings. The van der Waals surface area contributed by atoms with Gasteiger partial charge in [0.05, 0.1) is 0 Å². The number of methoxy groups -OCH3 is 1. The molecular weight excluding hydrogens is 213 g/mol. The van der Waals surface area contributed by atoms with Crippen molar-refractivity contribution in [3.63, 3.8) is 0 Å². The van der Waals surface area contributed by atoms with E-state index in [4.69, 9.17) is 4.74 Å². The Morgan fingerprint density at radius 1 is 1.36 bits per heavy atom. The van der Waals surface area contributed by atoms with Crippen molar-refractivity contribution in [1.29, 1.82) is 0 Å². The third-order valence-electron chi connectivity index (χ3n) is 1.46. The Kier molecular flexibility index (Phi) is 5.53. The van der Waals surface area contributed by atoms with Gasteiger partial charge in [-0.25, -0.2) is 0 Å². The Hall–Kier alpha value is -0.0666. The predicted octanol–water partition coefficient (Wildman–Crippen LogP) is 2.16. The van der Waals surface area contributed by atoms with Crippen molar-refractivity contribution < 1.29 is 23.0 Å². The molecular formula is C8H10ClOZn. The molecule has 1 nitrogen and oxygen atoms in total. The zero-order valence-corrected chi connectivity index (χ0v) is 10.3. The molecule has 0 spiro atoms. The summed E-state index contributed by atoms with van der Waals surface area (Å²) in [5.41, 5.74) is 1.32. The van der Waals surface area contributed by atoms with Gasteiger partial charge in [-0.1, -0.05) is 0 Å². The first kappa shape index (κ1) is 10.9. The van der Waals surface area contributed by atoms with Crippen molar-refractivity contribution >= 4 is 12.4 Å². The number of hydrogen-bond acceptors (Lipinski definition) is 1. The number of benzene rings is 1. The number of halogens is 1. The monoisotopic (exact) mass is 221 g/mol. The Labute approximate surface area is 83.2 Å². The van der Waals surface area contributed by atoms with Gasteiger partial charge in [0.25, 0.3) is 0 Å². The molecule has 11 heavy (non-hydrogen) atoms. The average Bonchev–Trinajstić information content (AvgIpc) is 2.04. The van der Waals surface area contributed by atoms with E-state index >= 15 is 0 Å². The van der Waals surface area contributed by atoms with Gasteiger partial charge >= 0.3 is 70.7 Å². The average molecular weight is 223 g/mol. The second-order valence-electron chi connectivity index (χ2n) is 2.06. The van der Waals surface area contributed by atoms with Crippen LogP contribution in [0.3, 0.4) is 0 Å². The van der Waals surface area contributed by atoms with E-state index in [1.54, 1.807) is 7.11 Å². The van der Waals surface area contributed by atoms with E-state index in [-0.39, 0.29) is 12.4 Å². The second kappa shape index (κ2) is 5.57. The van der Waals surface area contributed by atoms with Gasteiger partial charge in [0.15, 0.2) is 0 Å². The molecule has 0 heterocycles. The zero-order chi connectivity index (χ0) is 7.40. The maximum Gasteiger partial charge on any atom is -0.147 e. The standard InChI is InChI=1S/C8H9O.ClH.Zn/c1-7-5-3-4-6-8(7)9-2;;/h3-6H,1H2,2H3;1H;. The predicted molar refractivity (Wildman–Crippen MR) is 43.9 cm³/mol. The SMILES string of the molecule is COc1ccccc1[CH2][Zn].Cl. The van der Waals surface area contributed by atoms with Crippen LogP contribution < -0.4 is 4.74 Å². The fourth-order valence-corrected chi connectivity index (χ4v) is 1.78. The van der Waals surface area contributed by atoms with Gasteiger partial charge < -0.3 is 0 Å².